The van der Waals surface area contributed by atoms with Gasteiger partial charge in [-0.15, -0.1) is 0 Å². The highest BCUT2D eigenvalue weighted by Crippen LogP contribution is 2.12. The van der Waals surface area contributed by atoms with Crippen molar-refractivity contribution in [2.75, 3.05) is 13.6 Å². The first kappa shape index (κ1) is 10.9. The molecule has 0 aliphatic rings. The molecule has 0 N–H and O–H groups in total. The minimum atomic E-state index is -0.679. The van der Waals surface area contributed by atoms with Gasteiger partial charge in [-0.05, 0) is 13.0 Å². The minimum Gasteiger partial charge on any atom is -0.342 e. The predicted octanol–water partition coefficient (Wildman–Crippen LogP) is 1.97. The summed E-state index contributed by atoms with van der Waals surface area (Å²) in [6.07, 6.45) is 1.26. The Labute approximate surface area is 86.5 Å². The topological polar surface area (TPSA) is 33.2 Å². The van der Waals surface area contributed by atoms with Crippen molar-refractivity contribution in [2.45, 2.75) is 6.92 Å². The van der Waals surface area contributed by atoms with Crippen molar-refractivity contribution < 1.29 is 9.18 Å². The van der Waals surface area contributed by atoms with Crippen molar-refractivity contribution in [2.24, 2.45) is 0 Å². The van der Waals surface area contributed by atoms with E-state index in [9.17, 15) is 9.18 Å². The van der Waals surface area contributed by atoms with Gasteiger partial charge in [0.25, 0.3) is 5.91 Å². The SMILES string of the molecule is CCN(C)C(=O)c1cnc(Cl)c(F)c1. The standard InChI is InChI=1S/C9H10ClFN2O/c1-3-13(2)9(14)6-4-7(11)8(10)12-5-6/h4-5H,3H2,1-2H3. The average Bonchev–Trinajstić information content (AvgIpc) is 2.20. The van der Waals surface area contributed by atoms with Gasteiger partial charge in [0, 0.05) is 19.8 Å². The summed E-state index contributed by atoms with van der Waals surface area (Å²) in [5.74, 6) is -0.947. The highest BCUT2D eigenvalue weighted by molar-refractivity contribution is 6.29. The van der Waals surface area contributed by atoms with E-state index in [0.29, 0.717) is 6.54 Å². The fourth-order valence-electron chi connectivity index (χ4n) is 0.902. The van der Waals surface area contributed by atoms with Crippen molar-refractivity contribution in [3.63, 3.8) is 0 Å². The van der Waals surface area contributed by atoms with Crippen LogP contribution in [0.15, 0.2) is 12.3 Å². The number of nitrogens with zero attached hydrogens (tertiary/aromatic N) is 2. The number of carbonyl (C=O) groups excluding carboxylic acids is 1. The maximum absolute atomic E-state index is 12.9. The van der Waals surface area contributed by atoms with Crippen LogP contribution in [0, 0.1) is 5.82 Å². The molecule has 0 aliphatic heterocycles. The normalized spacial score (nSPS) is 10.0. The number of rotatable bonds is 2. The summed E-state index contributed by atoms with van der Waals surface area (Å²) < 4.78 is 12.9. The maximum Gasteiger partial charge on any atom is 0.255 e. The van der Waals surface area contributed by atoms with Gasteiger partial charge < -0.3 is 4.90 Å². The molecule has 0 saturated carbocycles. The molecule has 0 saturated heterocycles. The minimum absolute atomic E-state index is 0.205. The molecule has 1 aromatic heterocycles. The molecular formula is C9H10ClFN2O. The Morgan fingerprint density at radius 2 is 2.36 bits per heavy atom. The van der Waals surface area contributed by atoms with Crippen LogP contribution in [0.25, 0.3) is 0 Å². The smallest absolute Gasteiger partial charge is 0.255 e. The zero-order valence-corrected chi connectivity index (χ0v) is 8.68. The molecular weight excluding hydrogens is 207 g/mol. The molecule has 1 amide bonds. The van der Waals surface area contributed by atoms with Gasteiger partial charge in [0.05, 0.1) is 5.56 Å². The molecule has 0 spiro atoms. The fraction of sp³-hybridized carbons (Fsp3) is 0.333. The van der Waals surface area contributed by atoms with Gasteiger partial charge in [-0.3, -0.25) is 4.79 Å². The predicted molar refractivity (Wildman–Crippen MR) is 51.8 cm³/mol. The van der Waals surface area contributed by atoms with E-state index < -0.39 is 5.82 Å². The van der Waals surface area contributed by atoms with E-state index in [2.05, 4.69) is 4.98 Å². The van der Waals surface area contributed by atoms with E-state index in [1.807, 2.05) is 6.92 Å². The van der Waals surface area contributed by atoms with Crippen LogP contribution in [-0.2, 0) is 0 Å². The van der Waals surface area contributed by atoms with E-state index in [-0.39, 0.29) is 16.6 Å². The van der Waals surface area contributed by atoms with Crippen LogP contribution in [0.2, 0.25) is 5.15 Å². The van der Waals surface area contributed by atoms with Gasteiger partial charge in [-0.2, -0.15) is 0 Å². The molecule has 1 rings (SSSR count). The second kappa shape index (κ2) is 4.37. The third-order valence-corrected chi connectivity index (χ3v) is 2.14. The Bertz CT molecular complexity index is 357. The third-order valence-electron chi connectivity index (χ3n) is 1.86. The van der Waals surface area contributed by atoms with E-state index >= 15 is 0 Å². The van der Waals surface area contributed by atoms with Crippen molar-refractivity contribution in [3.8, 4) is 0 Å². The van der Waals surface area contributed by atoms with Gasteiger partial charge in [0.2, 0.25) is 0 Å². The molecule has 0 radical (unpaired) electrons. The zero-order chi connectivity index (χ0) is 10.7. The van der Waals surface area contributed by atoms with Gasteiger partial charge in [0.15, 0.2) is 11.0 Å². The van der Waals surface area contributed by atoms with Crippen LogP contribution in [0.1, 0.15) is 17.3 Å². The number of hydrogen-bond donors (Lipinski definition) is 0. The quantitative estimate of drug-likeness (QED) is 0.709. The van der Waals surface area contributed by atoms with E-state index in [0.717, 1.165) is 6.07 Å². The second-order valence-corrected chi connectivity index (χ2v) is 3.17. The Morgan fingerprint density at radius 1 is 1.71 bits per heavy atom. The molecule has 1 aromatic rings. The summed E-state index contributed by atoms with van der Waals surface area (Å²) >= 11 is 5.39. The Hall–Kier alpha value is -1.16. The largest absolute Gasteiger partial charge is 0.342 e. The summed E-state index contributed by atoms with van der Waals surface area (Å²) in [7, 11) is 1.63. The Balaban J connectivity index is 2.97. The summed E-state index contributed by atoms with van der Waals surface area (Å²) in [5.41, 5.74) is 0.205. The molecule has 0 aromatic carbocycles. The second-order valence-electron chi connectivity index (χ2n) is 2.82. The summed E-state index contributed by atoms with van der Waals surface area (Å²) in [6.45, 7) is 2.39. The molecule has 76 valence electrons. The van der Waals surface area contributed by atoms with E-state index in [1.165, 1.54) is 11.1 Å². The molecule has 0 unspecified atom stereocenters. The monoisotopic (exact) mass is 216 g/mol. The number of amides is 1. The molecule has 1 heterocycles. The van der Waals surface area contributed by atoms with Crippen LogP contribution in [0.5, 0.6) is 0 Å². The third kappa shape index (κ3) is 2.20. The van der Waals surface area contributed by atoms with Crippen molar-refractivity contribution in [3.05, 3.63) is 28.8 Å². The van der Waals surface area contributed by atoms with Crippen LogP contribution < -0.4 is 0 Å². The Morgan fingerprint density at radius 3 is 2.86 bits per heavy atom. The number of halogens is 2. The van der Waals surface area contributed by atoms with Crippen molar-refractivity contribution in [1.82, 2.24) is 9.88 Å². The lowest BCUT2D eigenvalue weighted by atomic mass is 10.2. The lowest BCUT2D eigenvalue weighted by molar-refractivity contribution is 0.0801. The molecule has 0 aliphatic carbocycles. The zero-order valence-electron chi connectivity index (χ0n) is 7.92. The highest BCUT2D eigenvalue weighted by Gasteiger charge is 2.12. The van der Waals surface area contributed by atoms with Gasteiger partial charge in [-0.1, -0.05) is 11.6 Å². The first-order chi connectivity index (χ1) is 6.56. The first-order valence-electron chi connectivity index (χ1n) is 4.12. The number of hydrogen-bond acceptors (Lipinski definition) is 2. The summed E-state index contributed by atoms with van der Waals surface area (Å²) in [6, 6.07) is 1.09. The van der Waals surface area contributed by atoms with E-state index in [1.54, 1.807) is 7.05 Å². The fourth-order valence-corrected chi connectivity index (χ4v) is 1.01. The lowest BCUT2D eigenvalue weighted by Crippen LogP contribution is -2.26. The molecule has 0 fully saturated rings. The van der Waals surface area contributed by atoms with Crippen LogP contribution in [0.4, 0.5) is 4.39 Å². The van der Waals surface area contributed by atoms with Crippen molar-refractivity contribution >= 4 is 17.5 Å². The van der Waals surface area contributed by atoms with Crippen molar-refractivity contribution in [1.29, 1.82) is 0 Å². The van der Waals surface area contributed by atoms with Crippen LogP contribution >= 0.6 is 11.6 Å². The maximum atomic E-state index is 12.9. The van der Waals surface area contributed by atoms with Crippen LogP contribution in [-0.4, -0.2) is 29.4 Å². The van der Waals surface area contributed by atoms with Gasteiger partial charge in [0.1, 0.15) is 0 Å². The number of carbonyl (C=O) groups is 1. The molecule has 0 bridgehead atoms. The van der Waals surface area contributed by atoms with Gasteiger partial charge >= 0.3 is 0 Å². The van der Waals surface area contributed by atoms with E-state index in [4.69, 9.17) is 11.6 Å². The molecule has 0 atom stereocenters. The molecule has 14 heavy (non-hydrogen) atoms. The van der Waals surface area contributed by atoms with Gasteiger partial charge in [-0.25, -0.2) is 9.37 Å². The first-order valence-corrected chi connectivity index (χ1v) is 4.50. The summed E-state index contributed by atoms with van der Waals surface area (Å²) in [5, 5.41) is -0.222. The highest BCUT2D eigenvalue weighted by atomic mass is 35.5. The number of pyridine rings is 1. The van der Waals surface area contributed by atoms with Crippen LogP contribution in [0.3, 0.4) is 0 Å². The number of aromatic nitrogens is 1. The summed E-state index contributed by atoms with van der Waals surface area (Å²) in [4.78, 5) is 16.5. The Kier molecular flexibility index (Phi) is 3.41. The molecule has 3 nitrogen and oxygen atoms in total. The molecule has 5 heteroatoms. The average molecular weight is 217 g/mol. The lowest BCUT2D eigenvalue weighted by Gasteiger charge is -2.13.